The lowest BCUT2D eigenvalue weighted by molar-refractivity contribution is -0.394. The van der Waals surface area contributed by atoms with Crippen LogP contribution < -0.4 is 4.90 Å². The zero-order chi connectivity index (χ0) is 16.9. The van der Waals surface area contributed by atoms with Gasteiger partial charge in [-0.1, -0.05) is 0 Å². The number of nitro groups is 2. The number of anilines is 1. The van der Waals surface area contributed by atoms with Crippen molar-refractivity contribution in [2.75, 3.05) is 29.7 Å². The molecule has 0 bridgehead atoms. The third kappa shape index (κ3) is 3.74. The Morgan fingerprint density at radius 1 is 1.14 bits per heavy atom. The molecule has 0 fully saturated rings. The van der Waals surface area contributed by atoms with Crippen LogP contribution in [0.3, 0.4) is 0 Å². The van der Waals surface area contributed by atoms with Crippen LogP contribution in [0, 0.1) is 20.2 Å². The molecule has 0 unspecified atom stereocenters. The van der Waals surface area contributed by atoms with Crippen molar-refractivity contribution in [3.05, 3.63) is 37.9 Å². The summed E-state index contributed by atoms with van der Waals surface area (Å²) in [5.74, 6) is -1.52. The number of halogens is 2. The molecular weight excluding hydrogens is 341 g/mol. The average molecular weight is 352 g/mol. The van der Waals surface area contributed by atoms with Gasteiger partial charge in [-0.3, -0.25) is 20.2 Å². The highest BCUT2D eigenvalue weighted by Crippen LogP contribution is 2.37. The fraction of sp³-hybridized carbons (Fsp3) is 0.364. The van der Waals surface area contributed by atoms with Gasteiger partial charge < -0.3 is 10.0 Å². The number of benzene rings is 1. The van der Waals surface area contributed by atoms with Crippen LogP contribution in [0.25, 0.3) is 0 Å². The lowest BCUT2D eigenvalue weighted by Crippen LogP contribution is -2.29. The van der Waals surface area contributed by atoms with E-state index in [9.17, 15) is 25.0 Å². The Morgan fingerprint density at radius 3 is 2.05 bits per heavy atom. The number of nitro benzene ring substituents is 2. The number of carbonyl (C=O) groups is 1. The minimum atomic E-state index is -1.75. The van der Waals surface area contributed by atoms with Crippen LogP contribution in [-0.4, -0.2) is 45.8 Å². The molecule has 9 nitrogen and oxygen atoms in total. The molecule has 120 valence electrons. The van der Waals surface area contributed by atoms with Gasteiger partial charge in [-0.15, -0.1) is 23.2 Å². The number of nitrogens with zero attached hydrogens (tertiary/aromatic N) is 3. The zero-order valence-electron chi connectivity index (χ0n) is 11.1. The molecule has 0 aliphatic rings. The molecule has 0 saturated carbocycles. The second kappa shape index (κ2) is 7.76. The van der Waals surface area contributed by atoms with Crippen LogP contribution in [0.5, 0.6) is 0 Å². The van der Waals surface area contributed by atoms with Crippen molar-refractivity contribution in [2.24, 2.45) is 0 Å². The minimum Gasteiger partial charge on any atom is -0.477 e. The van der Waals surface area contributed by atoms with Gasteiger partial charge in [0.25, 0.3) is 5.69 Å². The molecule has 11 heteroatoms. The summed E-state index contributed by atoms with van der Waals surface area (Å²) in [6.07, 6.45) is 0. The first-order valence-electron chi connectivity index (χ1n) is 5.91. The van der Waals surface area contributed by atoms with Gasteiger partial charge in [0.05, 0.1) is 9.85 Å². The van der Waals surface area contributed by atoms with Crippen molar-refractivity contribution in [3.8, 4) is 0 Å². The smallest absolute Gasteiger partial charge is 0.349 e. The maximum atomic E-state index is 11.3. The van der Waals surface area contributed by atoms with Crippen LogP contribution in [-0.2, 0) is 0 Å². The number of rotatable bonds is 8. The summed E-state index contributed by atoms with van der Waals surface area (Å²) in [5.41, 5.74) is -2.74. The lowest BCUT2D eigenvalue weighted by Gasteiger charge is -2.22. The number of alkyl halides is 2. The minimum absolute atomic E-state index is 0.0747. The molecule has 0 aliphatic carbocycles. The lowest BCUT2D eigenvalue weighted by atomic mass is 10.1. The van der Waals surface area contributed by atoms with Gasteiger partial charge >= 0.3 is 11.7 Å². The van der Waals surface area contributed by atoms with Crippen LogP contribution in [0.15, 0.2) is 12.1 Å². The van der Waals surface area contributed by atoms with Gasteiger partial charge in [0.1, 0.15) is 5.69 Å². The summed E-state index contributed by atoms with van der Waals surface area (Å²) in [4.78, 5) is 32.9. The molecule has 0 amide bonds. The van der Waals surface area contributed by atoms with E-state index in [2.05, 4.69) is 0 Å². The molecule has 1 rings (SSSR count). The Bertz CT molecular complexity index is 604. The molecule has 0 atom stereocenters. The van der Waals surface area contributed by atoms with E-state index in [4.69, 9.17) is 28.3 Å². The van der Waals surface area contributed by atoms with Crippen molar-refractivity contribution in [3.63, 3.8) is 0 Å². The first-order valence-corrected chi connectivity index (χ1v) is 6.98. The summed E-state index contributed by atoms with van der Waals surface area (Å²) in [5, 5.41) is 31.3. The van der Waals surface area contributed by atoms with Gasteiger partial charge in [-0.05, 0) is 6.07 Å². The van der Waals surface area contributed by atoms with Gasteiger partial charge in [0.2, 0.25) is 5.56 Å². The third-order valence-corrected chi connectivity index (χ3v) is 3.12. The number of carboxylic acid groups (broad SMARTS) is 1. The van der Waals surface area contributed by atoms with E-state index < -0.39 is 32.8 Å². The van der Waals surface area contributed by atoms with Gasteiger partial charge in [-0.25, -0.2) is 4.79 Å². The molecule has 0 aromatic heterocycles. The SMILES string of the molecule is O=C(O)c1c([N+](=O)[O-])ccc(N(CCCl)CCCl)c1[N+](=O)[O-]. The van der Waals surface area contributed by atoms with Crippen LogP contribution in [0.1, 0.15) is 10.4 Å². The van der Waals surface area contributed by atoms with E-state index in [1.54, 1.807) is 0 Å². The first-order chi connectivity index (χ1) is 10.3. The fourth-order valence-electron chi connectivity index (χ4n) is 1.93. The Labute approximate surface area is 134 Å². The molecule has 1 aromatic rings. The predicted molar refractivity (Wildman–Crippen MR) is 80.4 cm³/mol. The molecule has 0 spiro atoms. The van der Waals surface area contributed by atoms with Crippen LogP contribution >= 0.6 is 23.2 Å². The van der Waals surface area contributed by atoms with E-state index in [0.29, 0.717) is 0 Å². The monoisotopic (exact) mass is 351 g/mol. The number of hydrogen-bond donors (Lipinski definition) is 1. The summed E-state index contributed by atoms with van der Waals surface area (Å²) < 4.78 is 0. The van der Waals surface area contributed by atoms with E-state index in [1.807, 2.05) is 0 Å². The van der Waals surface area contributed by atoms with Crippen molar-refractivity contribution in [1.82, 2.24) is 0 Å². The van der Waals surface area contributed by atoms with E-state index in [1.165, 1.54) is 4.90 Å². The maximum absolute atomic E-state index is 11.3. The molecule has 0 radical (unpaired) electrons. The Hall–Kier alpha value is -2.13. The van der Waals surface area contributed by atoms with E-state index >= 15 is 0 Å². The molecule has 1 aromatic carbocycles. The molecule has 0 heterocycles. The van der Waals surface area contributed by atoms with Crippen LogP contribution in [0.2, 0.25) is 0 Å². The summed E-state index contributed by atoms with van der Waals surface area (Å²) in [6, 6.07) is 2.04. The standard InChI is InChI=1S/C11H11Cl2N3O6/c12-3-5-14(6-4-13)8-2-1-7(15(19)20)9(11(17)18)10(8)16(21)22/h1-2H,3-6H2,(H,17,18). The molecular formula is C11H11Cl2N3O6. The second-order valence-electron chi connectivity index (χ2n) is 4.01. The topological polar surface area (TPSA) is 127 Å². The van der Waals surface area contributed by atoms with Crippen LogP contribution in [0.4, 0.5) is 17.1 Å². The Kier molecular flexibility index (Phi) is 6.32. The highest BCUT2D eigenvalue weighted by molar-refractivity contribution is 6.18. The third-order valence-electron chi connectivity index (χ3n) is 2.78. The predicted octanol–water partition coefficient (Wildman–Crippen LogP) is 2.49. The van der Waals surface area contributed by atoms with E-state index in [-0.39, 0.29) is 30.5 Å². The average Bonchev–Trinajstić information content (AvgIpc) is 2.45. The maximum Gasteiger partial charge on any atom is 0.349 e. The van der Waals surface area contributed by atoms with Crippen molar-refractivity contribution < 1.29 is 19.7 Å². The normalized spacial score (nSPS) is 10.3. The molecule has 0 saturated heterocycles. The Balaban J connectivity index is 3.65. The van der Waals surface area contributed by atoms with Gasteiger partial charge in [0, 0.05) is 30.9 Å². The number of aromatic carboxylic acids is 1. The molecule has 22 heavy (non-hydrogen) atoms. The highest BCUT2D eigenvalue weighted by atomic mass is 35.5. The highest BCUT2D eigenvalue weighted by Gasteiger charge is 2.35. The molecule has 1 N–H and O–H groups in total. The Morgan fingerprint density at radius 2 is 1.68 bits per heavy atom. The van der Waals surface area contributed by atoms with Crippen molar-refractivity contribution in [2.45, 2.75) is 0 Å². The second-order valence-corrected chi connectivity index (χ2v) is 4.77. The zero-order valence-corrected chi connectivity index (χ0v) is 12.6. The molecule has 0 aliphatic heterocycles. The first kappa shape index (κ1) is 17.9. The number of hydrogen-bond acceptors (Lipinski definition) is 6. The van der Waals surface area contributed by atoms with Crippen molar-refractivity contribution >= 4 is 46.2 Å². The summed E-state index contributed by atoms with van der Waals surface area (Å²) in [6.45, 7) is 0.345. The largest absolute Gasteiger partial charge is 0.477 e. The number of carboxylic acids is 1. The quantitative estimate of drug-likeness (QED) is 0.432. The van der Waals surface area contributed by atoms with Gasteiger partial charge in [0.15, 0.2) is 0 Å². The van der Waals surface area contributed by atoms with Gasteiger partial charge in [-0.2, -0.15) is 0 Å². The van der Waals surface area contributed by atoms with Crippen molar-refractivity contribution in [1.29, 1.82) is 0 Å². The summed E-state index contributed by atoms with van der Waals surface area (Å²) in [7, 11) is 0. The fourth-order valence-corrected chi connectivity index (χ4v) is 2.34. The van der Waals surface area contributed by atoms with E-state index in [0.717, 1.165) is 12.1 Å². The summed E-state index contributed by atoms with van der Waals surface area (Å²) >= 11 is 11.2.